The van der Waals surface area contributed by atoms with Crippen LogP contribution in [0.5, 0.6) is 0 Å². The molecule has 1 heterocycles. The van der Waals surface area contributed by atoms with Crippen molar-refractivity contribution in [2.24, 2.45) is 0 Å². The predicted octanol–water partition coefficient (Wildman–Crippen LogP) is 3.29. The van der Waals surface area contributed by atoms with Gasteiger partial charge in [-0.15, -0.1) is 23.1 Å². The Balaban J connectivity index is 2.71. The molecule has 0 spiro atoms. The highest BCUT2D eigenvalue weighted by Crippen LogP contribution is 2.37. The first-order valence-corrected chi connectivity index (χ1v) is 7.94. The van der Waals surface area contributed by atoms with Gasteiger partial charge in [0.05, 0.1) is 9.80 Å². The van der Waals surface area contributed by atoms with Crippen LogP contribution in [0.25, 0.3) is 0 Å². The third-order valence-corrected chi connectivity index (χ3v) is 5.24. The van der Waals surface area contributed by atoms with Gasteiger partial charge in [0.25, 0.3) is 5.69 Å². The summed E-state index contributed by atoms with van der Waals surface area (Å²) in [6.07, 6.45) is 0. The van der Waals surface area contributed by atoms with Gasteiger partial charge in [-0.3, -0.25) is 14.9 Å². The molecular weight excluding hydrogens is 284 g/mol. The number of hydrogen-bond donors (Lipinski definition) is 0. The Morgan fingerprint density at radius 3 is 2.58 bits per heavy atom. The highest BCUT2D eigenvalue weighted by molar-refractivity contribution is 8.01. The van der Waals surface area contributed by atoms with E-state index >= 15 is 0 Å². The average Bonchev–Trinajstić information content (AvgIpc) is 2.79. The van der Waals surface area contributed by atoms with Gasteiger partial charge >= 0.3 is 0 Å². The van der Waals surface area contributed by atoms with E-state index in [0.29, 0.717) is 9.09 Å². The fourth-order valence-corrected chi connectivity index (χ4v) is 3.90. The summed E-state index contributed by atoms with van der Waals surface area (Å²) in [6, 6.07) is 1.38. The van der Waals surface area contributed by atoms with E-state index in [9.17, 15) is 14.9 Å². The maximum absolute atomic E-state index is 11.3. The SMILES string of the molecule is CCN(CC)CCSc1sc(C(C)=O)cc1[N+](=O)[O-]. The summed E-state index contributed by atoms with van der Waals surface area (Å²) in [7, 11) is 0. The molecule has 0 saturated heterocycles. The summed E-state index contributed by atoms with van der Waals surface area (Å²) in [4.78, 5) is 24.5. The van der Waals surface area contributed by atoms with Gasteiger partial charge in [0.1, 0.15) is 4.21 Å². The number of Topliss-reactive ketones (excluding diaryl/α,β-unsaturated/α-hetero) is 1. The number of rotatable bonds is 8. The maximum Gasteiger partial charge on any atom is 0.294 e. The van der Waals surface area contributed by atoms with Gasteiger partial charge in [0, 0.05) is 18.4 Å². The molecule has 1 rings (SSSR count). The normalized spacial score (nSPS) is 10.9. The van der Waals surface area contributed by atoms with E-state index in [1.807, 2.05) is 0 Å². The highest BCUT2D eigenvalue weighted by Gasteiger charge is 2.21. The lowest BCUT2D eigenvalue weighted by molar-refractivity contribution is -0.387. The highest BCUT2D eigenvalue weighted by atomic mass is 32.2. The van der Waals surface area contributed by atoms with E-state index in [2.05, 4.69) is 18.7 Å². The third-order valence-electron chi connectivity index (χ3n) is 2.76. The molecule has 0 unspecified atom stereocenters. The Kier molecular flexibility index (Phi) is 6.47. The summed E-state index contributed by atoms with van der Waals surface area (Å²) in [6.45, 7) is 8.46. The number of thiophene rings is 1. The molecule has 0 saturated carbocycles. The molecule has 0 aliphatic rings. The molecule has 7 heteroatoms. The third kappa shape index (κ3) is 4.59. The van der Waals surface area contributed by atoms with Crippen molar-refractivity contribution in [2.45, 2.75) is 25.0 Å². The van der Waals surface area contributed by atoms with Gasteiger partial charge in [-0.1, -0.05) is 13.8 Å². The second-order valence-electron chi connectivity index (χ2n) is 3.97. The molecule has 0 aliphatic heterocycles. The van der Waals surface area contributed by atoms with Gasteiger partial charge < -0.3 is 4.90 Å². The molecule has 5 nitrogen and oxygen atoms in total. The first-order valence-electron chi connectivity index (χ1n) is 6.13. The molecule has 1 aromatic heterocycles. The lowest BCUT2D eigenvalue weighted by Gasteiger charge is -2.16. The van der Waals surface area contributed by atoms with Crippen LogP contribution >= 0.6 is 23.1 Å². The van der Waals surface area contributed by atoms with Crippen molar-refractivity contribution in [3.8, 4) is 0 Å². The maximum atomic E-state index is 11.3. The molecule has 0 atom stereocenters. The zero-order valence-electron chi connectivity index (χ0n) is 11.3. The van der Waals surface area contributed by atoms with E-state index in [1.165, 1.54) is 36.1 Å². The summed E-state index contributed by atoms with van der Waals surface area (Å²) in [5.74, 6) is 0.670. The number of carbonyl (C=O) groups is 1. The number of nitro groups is 1. The number of nitrogens with zero attached hydrogens (tertiary/aromatic N) is 2. The number of ketones is 1. The van der Waals surface area contributed by atoms with Crippen molar-refractivity contribution in [1.82, 2.24) is 4.90 Å². The van der Waals surface area contributed by atoms with Crippen LogP contribution in [0.3, 0.4) is 0 Å². The lowest BCUT2D eigenvalue weighted by atomic mass is 10.3. The molecule has 0 radical (unpaired) electrons. The van der Waals surface area contributed by atoms with Crippen molar-refractivity contribution < 1.29 is 9.72 Å². The van der Waals surface area contributed by atoms with Crippen LogP contribution < -0.4 is 0 Å². The Morgan fingerprint density at radius 2 is 2.11 bits per heavy atom. The van der Waals surface area contributed by atoms with Crippen molar-refractivity contribution in [3.05, 3.63) is 21.1 Å². The zero-order valence-corrected chi connectivity index (χ0v) is 13.0. The Bertz CT molecular complexity index is 456. The molecule has 106 valence electrons. The number of hydrogen-bond acceptors (Lipinski definition) is 6. The van der Waals surface area contributed by atoms with Crippen LogP contribution in [0.4, 0.5) is 5.69 Å². The van der Waals surface area contributed by atoms with E-state index < -0.39 is 4.92 Å². The minimum atomic E-state index is -0.414. The minimum absolute atomic E-state index is 0.0553. The average molecular weight is 302 g/mol. The van der Waals surface area contributed by atoms with E-state index in [0.717, 1.165) is 25.4 Å². The van der Waals surface area contributed by atoms with Crippen molar-refractivity contribution in [3.63, 3.8) is 0 Å². The zero-order chi connectivity index (χ0) is 14.4. The fraction of sp³-hybridized carbons (Fsp3) is 0.583. The summed E-state index contributed by atoms with van der Waals surface area (Å²) < 4.78 is 0.627. The monoisotopic (exact) mass is 302 g/mol. The van der Waals surface area contributed by atoms with Crippen LogP contribution in [-0.4, -0.2) is 41.0 Å². The first-order chi connectivity index (χ1) is 8.99. The second-order valence-corrected chi connectivity index (χ2v) is 6.39. The number of thioether (sulfide) groups is 1. The summed E-state index contributed by atoms with van der Waals surface area (Å²) >= 11 is 2.67. The van der Waals surface area contributed by atoms with Crippen LogP contribution in [0.1, 0.15) is 30.4 Å². The van der Waals surface area contributed by atoms with E-state index in [-0.39, 0.29) is 11.5 Å². The van der Waals surface area contributed by atoms with E-state index in [4.69, 9.17) is 0 Å². The van der Waals surface area contributed by atoms with Gasteiger partial charge in [-0.25, -0.2) is 0 Å². The van der Waals surface area contributed by atoms with Gasteiger partial charge in [0.2, 0.25) is 0 Å². The van der Waals surface area contributed by atoms with Crippen LogP contribution in [0.2, 0.25) is 0 Å². The molecule has 0 fully saturated rings. The summed E-state index contributed by atoms with van der Waals surface area (Å²) in [5, 5.41) is 10.9. The Morgan fingerprint density at radius 1 is 1.47 bits per heavy atom. The van der Waals surface area contributed by atoms with Crippen molar-refractivity contribution >= 4 is 34.6 Å². The minimum Gasteiger partial charge on any atom is -0.303 e. The van der Waals surface area contributed by atoms with Gasteiger partial charge in [-0.2, -0.15) is 0 Å². The first kappa shape index (κ1) is 16.1. The Hall–Kier alpha value is -0.920. The predicted molar refractivity (Wildman–Crippen MR) is 79.5 cm³/mol. The molecular formula is C12H18N2O3S2. The smallest absolute Gasteiger partial charge is 0.294 e. The number of carbonyl (C=O) groups excluding carboxylic acids is 1. The molecule has 1 aromatic rings. The van der Waals surface area contributed by atoms with Crippen LogP contribution in [-0.2, 0) is 0 Å². The van der Waals surface area contributed by atoms with Crippen LogP contribution in [0.15, 0.2) is 10.3 Å². The van der Waals surface area contributed by atoms with Gasteiger partial charge in [-0.05, 0) is 20.0 Å². The Labute approximate surface area is 121 Å². The largest absolute Gasteiger partial charge is 0.303 e. The molecule has 19 heavy (non-hydrogen) atoms. The van der Waals surface area contributed by atoms with E-state index in [1.54, 1.807) is 0 Å². The standard InChI is InChI=1S/C12H18N2O3S2/c1-4-13(5-2)6-7-18-12-10(14(16)17)8-11(19-12)9(3)15/h8H,4-7H2,1-3H3. The second kappa shape index (κ2) is 7.62. The van der Waals surface area contributed by atoms with Gasteiger partial charge in [0.15, 0.2) is 5.78 Å². The topological polar surface area (TPSA) is 63.5 Å². The van der Waals surface area contributed by atoms with Crippen LogP contribution in [0, 0.1) is 10.1 Å². The molecule has 0 N–H and O–H groups in total. The fourth-order valence-electron chi connectivity index (χ4n) is 1.58. The lowest BCUT2D eigenvalue weighted by Crippen LogP contribution is -2.25. The molecule has 0 amide bonds. The van der Waals surface area contributed by atoms with Crippen molar-refractivity contribution in [1.29, 1.82) is 0 Å². The quantitative estimate of drug-likeness (QED) is 0.319. The van der Waals surface area contributed by atoms with Crippen molar-refractivity contribution in [2.75, 3.05) is 25.4 Å². The molecule has 0 bridgehead atoms. The molecule has 0 aromatic carbocycles. The summed E-state index contributed by atoms with van der Waals surface area (Å²) in [5.41, 5.74) is 0.0553. The molecule has 0 aliphatic carbocycles.